The molecule has 5 heteroatoms. The Kier molecular flexibility index (Phi) is 4.67. The molecule has 1 aliphatic rings. The number of hydrogen-bond donors (Lipinski definition) is 0. The van der Waals surface area contributed by atoms with E-state index in [1.807, 2.05) is 55.6 Å². The zero-order valence-corrected chi connectivity index (χ0v) is 15.5. The topological polar surface area (TPSA) is 51.7 Å². The highest BCUT2D eigenvalue weighted by atomic mass is 16.5. The van der Waals surface area contributed by atoms with Crippen LogP contribution in [0.25, 0.3) is 10.9 Å². The van der Waals surface area contributed by atoms with Crippen molar-refractivity contribution in [3.8, 4) is 11.5 Å². The zero-order valence-electron chi connectivity index (χ0n) is 15.5. The van der Waals surface area contributed by atoms with Gasteiger partial charge in [0.25, 0.3) is 0 Å². The number of pyridine rings is 1. The number of amides is 1. The summed E-state index contributed by atoms with van der Waals surface area (Å²) in [5, 5.41) is 1.00. The molecule has 0 N–H and O–H groups in total. The van der Waals surface area contributed by atoms with Crippen molar-refractivity contribution in [2.75, 3.05) is 20.8 Å². The fourth-order valence-electron chi connectivity index (χ4n) is 3.64. The number of hydrogen-bond acceptors (Lipinski definition) is 4. The quantitative estimate of drug-likeness (QED) is 0.713. The van der Waals surface area contributed by atoms with Crippen molar-refractivity contribution in [1.82, 2.24) is 9.88 Å². The SMILES string of the molecule is COc1ccc(CN(C)C(=O)[C@H]2COc3ccccc3C2)c2cccnc12. The van der Waals surface area contributed by atoms with Crippen molar-refractivity contribution < 1.29 is 14.3 Å². The number of rotatable bonds is 4. The standard InChI is InChI=1S/C22H22N2O3/c1-24(22(25)17-12-15-6-3-4-8-19(15)27-14-17)13-16-9-10-20(26-2)21-18(16)7-5-11-23-21/h3-11,17H,12-14H2,1-2H3/t17-/m1/s1. The first-order valence-electron chi connectivity index (χ1n) is 9.03. The lowest BCUT2D eigenvalue weighted by Gasteiger charge is -2.28. The van der Waals surface area contributed by atoms with Gasteiger partial charge in [0.15, 0.2) is 0 Å². The van der Waals surface area contributed by atoms with Gasteiger partial charge in [0.2, 0.25) is 5.91 Å². The molecule has 0 aliphatic carbocycles. The molecule has 138 valence electrons. The van der Waals surface area contributed by atoms with Crippen LogP contribution in [0, 0.1) is 5.92 Å². The molecule has 1 aromatic heterocycles. The van der Waals surface area contributed by atoms with E-state index in [0.29, 0.717) is 19.6 Å². The Balaban J connectivity index is 1.54. The maximum atomic E-state index is 13.0. The number of para-hydroxylation sites is 1. The zero-order chi connectivity index (χ0) is 18.8. The van der Waals surface area contributed by atoms with Crippen LogP contribution < -0.4 is 9.47 Å². The van der Waals surface area contributed by atoms with Gasteiger partial charge in [-0.2, -0.15) is 0 Å². The van der Waals surface area contributed by atoms with E-state index in [-0.39, 0.29) is 11.8 Å². The molecule has 1 aliphatic heterocycles. The van der Waals surface area contributed by atoms with E-state index in [4.69, 9.17) is 9.47 Å². The van der Waals surface area contributed by atoms with Gasteiger partial charge in [-0.1, -0.05) is 30.3 Å². The van der Waals surface area contributed by atoms with Crippen LogP contribution in [-0.2, 0) is 17.8 Å². The van der Waals surface area contributed by atoms with Crippen molar-refractivity contribution >= 4 is 16.8 Å². The van der Waals surface area contributed by atoms with Crippen LogP contribution in [0.1, 0.15) is 11.1 Å². The van der Waals surface area contributed by atoms with Crippen molar-refractivity contribution in [2.45, 2.75) is 13.0 Å². The Hall–Kier alpha value is -3.08. The summed E-state index contributed by atoms with van der Waals surface area (Å²) in [7, 11) is 3.48. The molecular weight excluding hydrogens is 340 g/mol. The largest absolute Gasteiger partial charge is 0.494 e. The molecule has 0 saturated heterocycles. The molecule has 4 rings (SSSR count). The third-order valence-electron chi connectivity index (χ3n) is 5.05. The summed E-state index contributed by atoms with van der Waals surface area (Å²) < 4.78 is 11.2. The summed E-state index contributed by atoms with van der Waals surface area (Å²) >= 11 is 0. The van der Waals surface area contributed by atoms with E-state index in [1.165, 1.54) is 0 Å². The minimum atomic E-state index is -0.160. The number of carbonyl (C=O) groups is 1. The Labute approximate surface area is 158 Å². The molecule has 0 spiro atoms. The van der Waals surface area contributed by atoms with Crippen LogP contribution in [0.3, 0.4) is 0 Å². The van der Waals surface area contributed by atoms with E-state index < -0.39 is 0 Å². The summed E-state index contributed by atoms with van der Waals surface area (Å²) in [5.41, 5.74) is 2.95. The molecule has 0 bridgehead atoms. The molecule has 0 saturated carbocycles. The van der Waals surface area contributed by atoms with Gasteiger partial charge in [-0.05, 0) is 35.7 Å². The molecule has 0 unspecified atom stereocenters. The van der Waals surface area contributed by atoms with Gasteiger partial charge in [0.1, 0.15) is 23.6 Å². The highest BCUT2D eigenvalue weighted by molar-refractivity contribution is 5.88. The molecule has 5 nitrogen and oxygen atoms in total. The highest BCUT2D eigenvalue weighted by Gasteiger charge is 2.28. The maximum absolute atomic E-state index is 13.0. The summed E-state index contributed by atoms with van der Waals surface area (Å²) in [6.07, 6.45) is 2.46. The van der Waals surface area contributed by atoms with Crippen molar-refractivity contribution in [2.24, 2.45) is 5.92 Å². The van der Waals surface area contributed by atoms with E-state index >= 15 is 0 Å². The molecule has 2 aromatic carbocycles. The molecule has 27 heavy (non-hydrogen) atoms. The summed E-state index contributed by atoms with van der Waals surface area (Å²) in [6.45, 7) is 0.939. The second-order valence-corrected chi connectivity index (χ2v) is 6.84. The number of nitrogens with zero attached hydrogens (tertiary/aromatic N) is 2. The minimum Gasteiger partial charge on any atom is -0.494 e. The van der Waals surface area contributed by atoms with Crippen molar-refractivity contribution in [3.05, 3.63) is 65.9 Å². The van der Waals surface area contributed by atoms with Crippen LogP contribution in [0.4, 0.5) is 0 Å². The number of benzene rings is 2. The van der Waals surface area contributed by atoms with Gasteiger partial charge >= 0.3 is 0 Å². The minimum absolute atomic E-state index is 0.0948. The van der Waals surface area contributed by atoms with Crippen LogP contribution in [0.15, 0.2) is 54.7 Å². The second kappa shape index (κ2) is 7.27. The van der Waals surface area contributed by atoms with Crippen LogP contribution in [0.2, 0.25) is 0 Å². The van der Waals surface area contributed by atoms with Crippen molar-refractivity contribution in [3.63, 3.8) is 0 Å². The number of fused-ring (bicyclic) bond motifs is 2. The predicted molar refractivity (Wildman–Crippen MR) is 104 cm³/mol. The lowest BCUT2D eigenvalue weighted by Crippen LogP contribution is -2.38. The number of methoxy groups -OCH3 is 1. The highest BCUT2D eigenvalue weighted by Crippen LogP contribution is 2.29. The third kappa shape index (κ3) is 3.33. The fraction of sp³-hybridized carbons (Fsp3) is 0.273. The lowest BCUT2D eigenvalue weighted by atomic mass is 9.95. The van der Waals surface area contributed by atoms with Crippen LogP contribution >= 0.6 is 0 Å². The van der Waals surface area contributed by atoms with Gasteiger partial charge in [-0.3, -0.25) is 9.78 Å². The third-order valence-corrected chi connectivity index (χ3v) is 5.05. The molecule has 1 amide bonds. The number of carbonyl (C=O) groups excluding carboxylic acids is 1. The monoisotopic (exact) mass is 362 g/mol. The molecule has 2 heterocycles. The normalized spacial score (nSPS) is 15.7. The molecule has 3 aromatic rings. The average Bonchev–Trinajstić information content (AvgIpc) is 2.73. The first kappa shape index (κ1) is 17.3. The van der Waals surface area contributed by atoms with Gasteiger partial charge in [-0.15, -0.1) is 0 Å². The molecule has 0 fully saturated rings. The summed E-state index contributed by atoms with van der Waals surface area (Å²) in [5.74, 6) is 1.56. The van der Waals surface area contributed by atoms with E-state index in [0.717, 1.165) is 33.5 Å². The van der Waals surface area contributed by atoms with Gasteiger partial charge in [0, 0.05) is 25.2 Å². The Bertz CT molecular complexity index is 986. The predicted octanol–water partition coefficient (Wildman–Crippen LogP) is 3.45. The molecular formula is C22H22N2O3. The summed E-state index contributed by atoms with van der Waals surface area (Å²) in [6, 6.07) is 15.7. The Morgan fingerprint density at radius 2 is 2.07 bits per heavy atom. The van der Waals surface area contributed by atoms with E-state index in [9.17, 15) is 4.79 Å². The van der Waals surface area contributed by atoms with E-state index in [1.54, 1.807) is 18.2 Å². The molecule has 1 atom stereocenters. The summed E-state index contributed by atoms with van der Waals surface area (Å²) in [4.78, 5) is 19.2. The maximum Gasteiger partial charge on any atom is 0.229 e. The van der Waals surface area contributed by atoms with Crippen molar-refractivity contribution in [1.29, 1.82) is 0 Å². The van der Waals surface area contributed by atoms with Crippen LogP contribution in [0.5, 0.6) is 11.5 Å². The Morgan fingerprint density at radius 1 is 1.22 bits per heavy atom. The lowest BCUT2D eigenvalue weighted by molar-refractivity contribution is -0.136. The Morgan fingerprint density at radius 3 is 2.93 bits per heavy atom. The smallest absolute Gasteiger partial charge is 0.229 e. The van der Waals surface area contributed by atoms with E-state index in [2.05, 4.69) is 4.98 Å². The fourth-order valence-corrected chi connectivity index (χ4v) is 3.64. The number of ether oxygens (including phenoxy) is 2. The van der Waals surface area contributed by atoms with Gasteiger partial charge in [0.05, 0.1) is 13.0 Å². The van der Waals surface area contributed by atoms with Crippen LogP contribution in [-0.4, -0.2) is 36.6 Å². The second-order valence-electron chi connectivity index (χ2n) is 6.84. The first-order valence-corrected chi connectivity index (χ1v) is 9.03. The molecule has 0 radical (unpaired) electrons. The van der Waals surface area contributed by atoms with Gasteiger partial charge in [-0.25, -0.2) is 0 Å². The van der Waals surface area contributed by atoms with Gasteiger partial charge < -0.3 is 14.4 Å². The number of aromatic nitrogens is 1. The average molecular weight is 362 g/mol. The first-order chi connectivity index (χ1) is 13.2.